The molecule has 7 nitrogen and oxygen atoms in total. The summed E-state index contributed by atoms with van der Waals surface area (Å²) in [5.41, 5.74) is 0. The molecule has 108 valence electrons. The predicted octanol–water partition coefficient (Wildman–Crippen LogP) is 0.200. The number of carbonyl (C=O) groups is 3. The van der Waals surface area contributed by atoms with E-state index < -0.39 is 42.3 Å². The van der Waals surface area contributed by atoms with Gasteiger partial charge in [0.2, 0.25) is 0 Å². The summed E-state index contributed by atoms with van der Waals surface area (Å²) in [4.78, 5) is 33.3. The van der Waals surface area contributed by atoms with Crippen molar-refractivity contribution in [2.45, 2.75) is 52.1 Å². The van der Waals surface area contributed by atoms with Crippen LogP contribution in [0.15, 0.2) is 0 Å². The zero-order chi connectivity index (χ0) is 14.6. The number of carbonyl (C=O) groups excluding carboxylic acids is 3. The molecule has 0 saturated carbocycles. The van der Waals surface area contributed by atoms with Gasteiger partial charge >= 0.3 is 17.9 Å². The molecule has 0 aromatic rings. The highest BCUT2D eigenvalue weighted by atomic mass is 16.6. The lowest BCUT2D eigenvalue weighted by Gasteiger charge is -2.39. The minimum absolute atomic E-state index is 0.0798. The van der Waals surface area contributed by atoms with Gasteiger partial charge in [0.1, 0.15) is 0 Å². The summed E-state index contributed by atoms with van der Waals surface area (Å²) in [6.45, 7) is 5.48. The topological polar surface area (TPSA) is 88.1 Å². The first-order valence-electron chi connectivity index (χ1n) is 5.94. The van der Waals surface area contributed by atoms with Gasteiger partial charge in [0.25, 0.3) is 0 Å². The average molecular weight is 274 g/mol. The quantitative estimate of drug-likeness (QED) is 0.536. The largest absolute Gasteiger partial charge is 0.456 e. The van der Waals surface area contributed by atoms with Gasteiger partial charge in [-0.3, -0.25) is 14.4 Å². The van der Waals surface area contributed by atoms with E-state index in [1.54, 1.807) is 6.92 Å². The van der Waals surface area contributed by atoms with E-state index in [4.69, 9.17) is 18.9 Å². The summed E-state index contributed by atoms with van der Waals surface area (Å²) in [6, 6.07) is 0. The number of hydrogen-bond donors (Lipinski definition) is 0. The SMILES string of the molecule is CC(=O)OC1CO[C@@H](C)[C@H](OC(C)=O)[C@H]1OC(C)=O. The number of hydrogen-bond acceptors (Lipinski definition) is 7. The van der Waals surface area contributed by atoms with E-state index in [1.807, 2.05) is 0 Å². The van der Waals surface area contributed by atoms with E-state index in [0.717, 1.165) is 0 Å². The van der Waals surface area contributed by atoms with E-state index in [-0.39, 0.29) is 6.61 Å². The van der Waals surface area contributed by atoms with Gasteiger partial charge in [0.15, 0.2) is 18.3 Å². The molecule has 4 atom stereocenters. The summed E-state index contributed by atoms with van der Waals surface area (Å²) in [7, 11) is 0. The lowest BCUT2D eigenvalue weighted by Crippen LogP contribution is -2.56. The number of esters is 3. The summed E-state index contributed by atoms with van der Waals surface area (Å²) in [5.74, 6) is -1.60. The van der Waals surface area contributed by atoms with Crippen molar-refractivity contribution in [2.75, 3.05) is 6.61 Å². The van der Waals surface area contributed by atoms with Crippen molar-refractivity contribution in [1.29, 1.82) is 0 Å². The normalized spacial score (nSPS) is 30.3. The maximum Gasteiger partial charge on any atom is 0.303 e. The fourth-order valence-corrected chi connectivity index (χ4v) is 1.92. The van der Waals surface area contributed by atoms with Crippen molar-refractivity contribution in [3.8, 4) is 0 Å². The lowest BCUT2D eigenvalue weighted by atomic mass is 10.0. The molecule has 1 saturated heterocycles. The monoisotopic (exact) mass is 274 g/mol. The van der Waals surface area contributed by atoms with Gasteiger partial charge in [0, 0.05) is 20.8 Å². The molecule has 1 aliphatic rings. The van der Waals surface area contributed by atoms with Crippen LogP contribution >= 0.6 is 0 Å². The van der Waals surface area contributed by atoms with Crippen molar-refractivity contribution in [2.24, 2.45) is 0 Å². The summed E-state index contributed by atoms with van der Waals surface area (Å²) < 4.78 is 20.6. The van der Waals surface area contributed by atoms with E-state index in [2.05, 4.69) is 0 Å². The molecule has 0 aliphatic carbocycles. The van der Waals surface area contributed by atoms with Gasteiger partial charge in [-0.15, -0.1) is 0 Å². The van der Waals surface area contributed by atoms with E-state index in [0.29, 0.717) is 0 Å². The second-order valence-electron chi connectivity index (χ2n) is 4.33. The third-order valence-electron chi connectivity index (χ3n) is 2.60. The van der Waals surface area contributed by atoms with Crippen LogP contribution in [-0.2, 0) is 33.3 Å². The van der Waals surface area contributed by atoms with E-state index >= 15 is 0 Å². The van der Waals surface area contributed by atoms with E-state index in [1.165, 1.54) is 20.8 Å². The fourth-order valence-electron chi connectivity index (χ4n) is 1.92. The molecule has 1 unspecified atom stereocenters. The molecule has 19 heavy (non-hydrogen) atoms. The Bertz CT molecular complexity index is 365. The Morgan fingerprint density at radius 2 is 1.37 bits per heavy atom. The third-order valence-corrected chi connectivity index (χ3v) is 2.60. The van der Waals surface area contributed by atoms with Crippen molar-refractivity contribution in [3.05, 3.63) is 0 Å². The molecule has 0 bridgehead atoms. The summed E-state index contributed by atoms with van der Waals surface area (Å²) in [6.07, 6.45) is -2.92. The first-order valence-corrected chi connectivity index (χ1v) is 5.94. The van der Waals surface area contributed by atoms with Crippen LogP contribution in [0, 0.1) is 0 Å². The minimum atomic E-state index is -0.867. The Morgan fingerprint density at radius 3 is 1.84 bits per heavy atom. The lowest BCUT2D eigenvalue weighted by molar-refractivity contribution is -0.222. The summed E-state index contributed by atoms with van der Waals surface area (Å²) in [5, 5.41) is 0. The molecule has 0 radical (unpaired) electrons. The van der Waals surface area contributed by atoms with Crippen LogP contribution in [0.5, 0.6) is 0 Å². The van der Waals surface area contributed by atoms with Crippen molar-refractivity contribution < 1.29 is 33.3 Å². The molecule has 7 heteroatoms. The van der Waals surface area contributed by atoms with Gasteiger partial charge in [-0.05, 0) is 6.92 Å². The zero-order valence-electron chi connectivity index (χ0n) is 11.4. The number of rotatable bonds is 3. The van der Waals surface area contributed by atoms with Gasteiger partial charge in [0.05, 0.1) is 12.7 Å². The van der Waals surface area contributed by atoms with Crippen LogP contribution in [-0.4, -0.2) is 48.9 Å². The predicted molar refractivity (Wildman–Crippen MR) is 62.1 cm³/mol. The van der Waals surface area contributed by atoms with Crippen LogP contribution in [0.2, 0.25) is 0 Å². The van der Waals surface area contributed by atoms with Crippen molar-refractivity contribution >= 4 is 17.9 Å². The molecule has 0 N–H and O–H groups in total. The molecular weight excluding hydrogens is 256 g/mol. The molecule has 1 aliphatic heterocycles. The Kier molecular flexibility index (Phi) is 5.29. The Hall–Kier alpha value is -1.63. The van der Waals surface area contributed by atoms with Gasteiger partial charge in [-0.1, -0.05) is 0 Å². The first-order chi connectivity index (χ1) is 8.81. The maximum absolute atomic E-state index is 11.1. The molecule has 0 aromatic carbocycles. The highest BCUT2D eigenvalue weighted by molar-refractivity contribution is 5.68. The molecule has 0 aromatic heterocycles. The highest BCUT2D eigenvalue weighted by Crippen LogP contribution is 2.24. The van der Waals surface area contributed by atoms with Crippen LogP contribution < -0.4 is 0 Å². The van der Waals surface area contributed by atoms with Gasteiger partial charge in [-0.25, -0.2) is 0 Å². The third kappa shape index (κ3) is 4.51. The molecule has 0 amide bonds. The van der Waals surface area contributed by atoms with Gasteiger partial charge in [-0.2, -0.15) is 0 Å². The smallest absolute Gasteiger partial charge is 0.303 e. The second-order valence-corrected chi connectivity index (χ2v) is 4.33. The summed E-state index contributed by atoms with van der Waals surface area (Å²) >= 11 is 0. The van der Waals surface area contributed by atoms with Crippen LogP contribution in [0.25, 0.3) is 0 Å². The van der Waals surface area contributed by atoms with Crippen LogP contribution in [0.4, 0.5) is 0 Å². The minimum Gasteiger partial charge on any atom is -0.456 e. The molecule has 0 spiro atoms. The Labute approximate surface area is 111 Å². The standard InChI is InChI=1S/C12H18O7/c1-6-11(18-8(3)14)12(19-9(4)15)10(5-16-6)17-7(2)13/h6,10-12H,5H2,1-4H3/t6-,10?,11-,12-/m0/s1. The molecule has 1 rings (SSSR count). The maximum atomic E-state index is 11.1. The molecule has 1 fully saturated rings. The molecule has 1 heterocycles. The van der Waals surface area contributed by atoms with Crippen molar-refractivity contribution in [1.82, 2.24) is 0 Å². The number of ether oxygens (including phenoxy) is 4. The first kappa shape index (κ1) is 15.4. The van der Waals surface area contributed by atoms with Crippen molar-refractivity contribution in [3.63, 3.8) is 0 Å². The average Bonchev–Trinajstić information content (AvgIpc) is 2.25. The zero-order valence-corrected chi connectivity index (χ0v) is 11.4. The molecular formula is C12H18O7. The Balaban J connectivity index is 2.89. The second kappa shape index (κ2) is 6.51. The van der Waals surface area contributed by atoms with Crippen LogP contribution in [0.3, 0.4) is 0 Å². The Morgan fingerprint density at radius 1 is 0.895 bits per heavy atom. The highest BCUT2D eigenvalue weighted by Gasteiger charge is 2.44. The van der Waals surface area contributed by atoms with Gasteiger partial charge < -0.3 is 18.9 Å². The van der Waals surface area contributed by atoms with Crippen LogP contribution in [0.1, 0.15) is 27.7 Å². The van der Waals surface area contributed by atoms with E-state index in [9.17, 15) is 14.4 Å². The fraction of sp³-hybridized carbons (Fsp3) is 0.750.